The highest BCUT2D eigenvalue weighted by atomic mass is 32.1. The molecule has 0 saturated carbocycles. The van der Waals surface area contributed by atoms with Crippen molar-refractivity contribution in [3.8, 4) is 0 Å². The number of hydrogen-bond donors (Lipinski definition) is 2. The van der Waals surface area contributed by atoms with Gasteiger partial charge in [0, 0.05) is 6.20 Å². The SMILES string of the molecule is Nc1[nH]c(=S)nc2ncncc12. The molecular weight excluding hydrogens is 174 g/mol. The van der Waals surface area contributed by atoms with Crippen molar-refractivity contribution in [2.75, 3.05) is 5.73 Å². The largest absolute Gasteiger partial charge is 0.385 e. The minimum atomic E-state index is 0.332. The molecule has 0 aromatic carbocycles. The van der Waals surface area contributed by atoms with Crippen LogP contribution in [0.4, 0.5) is 5.82 Å². The Kier molecular flexibility index (Phi) is 1.47. The summed E-state index contributed by atoms with van der Waals surface area (Å²) in [6, 6.07) is 0. The monoisotopic (exact) mass is 179 g/mol. The van der Waals surface area contributed by atoms with Gasteiger partial charge in [-0.05, 0) is 12.2 Å². The predicted molar refractivity (Wildman–Crippen MR) is 46.9 cm³/mol. The van der Waals surface area contributed by atoms with Gasteiger partial charge in [-0.3, -0.25) is 0 Å². The molecule has 0 fully saturated rings. The van der Waals surface area contributed by atoms with Gasteiger partial charge in [0.15, 0.2) is 10.4 Å². The molecule has 60 valence electrons. The summed E-state index contributed by atoms with van der Waals surface area (Å²) in [5, 5.41) is 0.686. The first kappa shape index (κ1) is 7.11. The molecule has 3 N–H and O–H groups in total. The quantitative estimate of drug-likeness (QED) is 0.581. The van der Waals surface area contributed by atoms with E-state index in [1.807, 2.05) is 0 Å². The van der Waals surface area contributed by atoms with Crippen molar-refractivity contribution in [2.45, 2.75) is 0 Å². The molecule has 2 heterocycles. The van der Waals surface area contributed by atoms with Crippen LogP contribution in [0, 0.1) is 4.77 Å². The maximum Gasteiger partial charge on any atom is 0.200 e. The smallest absolute Gasteiger partial charge is 0.200 e. The Morgan fingerprint density at radius 2 is 2.33 bits per heavy atom. The van der Waals surface area contributed by atoms with Crippen molar-refractivity contribution in [1.82, 2.24) is 19.9 Å². The van der Waals surface area contributed by atoms with Crippen LogP contribution in [0.2, 0.25) is 0 Å². The molecule has 12 heavy (non-hydrogen) atoms. The maximum absolute atomic E-state index is 5.61. The molecule has 2 aromatic rings. The molecule has 0 amide bonds. The van der Waals surface area contributed by atoms with Gasteiger partial charge in [-0.2, -0.15) is 4.98 Å². The predicted octanol–water partition coefficient (Wildman–Crippen LogP) is 0.665. The Labute approximate surface area is 72.7 Å². The first-order valence-corrected chi connectivity index (χ1v) is 3.64. The van der Waals surface area contributed by atoms with Gasteiger partial charge >= 0.3 is 0 Å². The third kappa shape index (κ3) is 1.02. The van der Waals surface area contributed by atoms with Gasteiger partial charge in [-0.15, -0.1) is 0 Å². The van der Waals surface area contributed by atoms with Gasteiger partial charge in [0.05, 0.1) is 5.39 Å². The number of nitrogens with zero attached hydrogens (tertiary/aromatic N) is 3. The summed E-state index contributed by atoms with van der Waals surface area (Å²) in [5.41, 5.74) is 6.13. The fraction of sp³-hybridized carbons (Fsp3) is 0. The van der Waals surface area contributed by atoms with Crippen molar-refractivity contribution in [2.24, 2.45) is 0 Å². The summed E-state index contributed by atoms with van der Waals surface area (Å²) in [7, 11) is 0. The Hall–Kier alpha value is -1.56. The third-order valence-corrected chi connectivity index (χ3v) is 1.62. The van der Waals surface area contributed by atoms with E-state index in [9.17, 15) is 0 Å². The number of nitrogens with one attached hydrogen (secondary N) is 1. The number of nitrogen functional groups attached to an aromatic ring is 1. The van der Waals surface area contributed by atoms with Crippen LogP contribution in [0.15, 0.2) is 12.5 Å². The van der Waals surface area contributed by atoms with Crippen molar-refractivity contribution >= 4 is 29.1 Å². The molecule has 0 saturated heterocycles. The van der Waals surface area contributed by atoms with E-state index in [1.54, 1.807) is 6.20 Å². The van der Waals surface area contributed by atoms with Crippen molar-refractivity contribution in [3.63, 3.8) is 0 Å². The molecular formula is C6H5N5S. The standard InChI is InChI=1S/C6H5N5S/c7-4-3-1-8-2-9-5(3)11-6(12)10-4/h1-2H,(H3,7,8,9,10,11,12). The molecule has 0 aliphatic carbocycles. The van der Waals surface area contributed by atoms with E-state index in [4.69, 9.17) is 18.0 Å². The van der Waals surface area contributed by atoms with Crippen LogP contribution in [0.25, 0.3) is 11.0 Å². The molecule has 2 aromatic heterocycles. The highest BCUT2D eigenvalue weighted by Gasteiger charge is 1.99. The minimum Gasteiger partial charge on any atom is -0.385 e. The lowest BCUT2D eigenvalue weighted by Crippen LogP contribution is -1.96. The Balaban J connectivity index is 2.99. The summed E-state index contributed by atoms with van der Waals surface area (Å²) < 4.78 is 0.332. The number of aromatic nitrogens is 4. The summed E-state index contributed by atoms with van der Waals surface area (Å²) in [6.07, 6.45) is 3.00. The van der Waals surface area contributed by atoms with Gasteiger partial charge in [0.2, 0.25) is 0 Å². The second kappa shape index (κ2) is 2.49. The van der Waals surface area contributed by atoms with Crippen LogP contribution in [0.1, 0.15) is 0 Å². The minimum absolute atomic E-state index is 0.332. The fourth-order valence-corrected chi connectivity index (χ4v) is 1.11. The van der Waals surface area contributed by atoms with Gasteiger partial charge < -0.3 is 10.7 Å². The summed E-state index contributed by atoms with van der Waals surface area (Å²) in [4.78, 5) is 14.4. The number of nitrogens with two attached hydrogens (primary N) is 1. The van der Waals surface area contributed by atoms with E-state index in [-0.39, 0.29) is 0 Å². The number of fused-ring (bicyclic) bond motifs is 1. The second-order valence-electron chi connectivity index (χ2n) is 2.22. The molecule has 6 heteroatoms. The van der Waals surface area contributed by atoms with Crippen molar-refractivity contribution < 1.29 is 0 Å². The van der Waals surface area contributed by atoms with Crippen LogP contribution in [0.5, 0.6) is 0 Å². The number of aromatic amines is 1. The summed E-state index contributed by atoms with van der Waals surface area (Å²) in [5.74, 6) is 0.450. The normalized spacial score (nSPS) is 10.3. The lowest BCUT2D eigenvalue weighted by molar-refractivity contribution is 1.12. The molecule has 0 aliphatic rings. The van der Waals surface area contributed by atoms with E-state index in [0.29, 0.717) is 21.6 Å². The first-order valence-electron chi connectivity index (χ1n) is 3.23. The van der Waals surface area contributed by atoms with E-state index in [1.165, 1.54) is 6.33 Å². The second-order valence-corrected chi connectivity index (χ2v) is 2.60. The van der Waals surface area contributed by atoms with Crippen molar-refractivity contribution in [3.05, 3.63) is 17.3 Å². The zero-order chi connectivity index (χ0) is 8.55. The molecule has 0 atom stereocenters. The zero-order valence-electron chi connectivity index (χ0n) is 5.98. The number of rotatable bonds is 0. The average Bonchev–Trinajstić information content (AvgIpc) is 2.04. The Bertz CT molecular complexity index is 477. The summed E-state index contributed by atoms with van der Waals surface area (Å²) in [6.45, 7) is 0. The molecule has 0 spiro atoms. The lowest BCUT2D eigenvalue weighted by atomic mass is 10.4. The Morgan fingerprint density at radius 1 is 1.50 bits per heavy atom. The van der Waals surface area contributed by atoms with Crippen LogP contribution < -0.4 is 5.73 Å². The highest BCUT2D eigenvalue weighted by Crippen LogP contribution is 2.11. The highest BCUT2D eigenvalue weighted by molar-refractivity contribution is 7.71. The molecule has 0 unspecified atom stereocenters. The van der Waals surface area contributed by atoms with Crippen LogP contribution in [-0.4, -0.2) is 19.9 Å². The molecule has 2 rings (SSSR count). The maximum atomic E-state index is 5.61. The topological polar surface area (TPSA) is 80.5 Å². The number of hydrogen-bond acceptors (Lipinski definition) is 5. The van der Waals surface area contributed by atoms with E-state index in [2.05, 4.69) is 19.9 Å². The third-order valence-electron chi connectivity index (χ3n) is 1.43. The Morgan fingerprint density at radius 3 is 3.17 bits per heavy atom. The van der Waals surface area contributed by atoms with Gasteiger partial charge in [0.25, 0.3) is 0 Å². The first-order chi connectivity index (χ1) is 5.77. The van der Waals surface area contributed by atoms with E-state index < -0.39 is 0 Å². The van der Waals surface area contributed by atoms with Gasteiger partial charge in [-0.1, -0.05) is 0 Å². The van der Waals surface area contributed by atoms with Crippen LogP contribution in [-0.2, 0) is 0 Å². The fourth-order valence-electron chi connectivity index (χ4n) is 0.909. The zero-order valence-corrected chi connectivity index (χ0v) is 6.80. The molecule has 0 radical (unpaired) electrons. The number of H-pyrrole nitrogens is 1. The molecule has 0 aliphatic heterocycles. The lowest BCUT2D eigenvalue weighted by Gasteiger charge is -1.97. The van der Waals surface area contributed by atoms with E-state index >= 15 is 0 Å². The molecule has 5 nitrogen and oxygen atoms in total. The van der Waals surface area contributed by atoms with Crippen molar-refractivity contribution in [1.29, 1.82) is 0 Å². The van der Waals surface area contributed by atoms with Crippen LogP contribution >= 0.6 is 12.2 Å². The number of anilines is 1. The average molecular weight is 179 g/mol. The molecule has 0 bridgehead atoms. The van der Waals surface area contributed by atoms with Crippen LogP contribution in [0.3, 0.4) is 0 Å². The van der Waals surface area contributed by atoms with Gasteiger partial charge in [0.1, 0.15) is 12.1 Å². The van der Waals surface area contributed by atoms with Gasteiger partial charge in [-0.25, -0.2) is 9.97 Å². The summed E-state index contributed by atoms with van der Waals surface area (Å²) >= 11 is 4.82. The van der Waals surface area contributed by atoms with E-state index in [0.717, 1.165) is 0 Å².